The van der Waals surface area contributed by atoms with Gasteiger partial charge in [-0.2, -0.15) is 0 Å². The number of hydrogen-bond donors (Lipinski definition) is 2. The predicted molar refractivity (Wildman–Crippen MR) is 68.1 cm³/mol. The molecule has 1 aliphatic carbocycles. The van der Waals surface area contributed by atoms with Crippen LogP contribution in [0.2, 0.25) is 0 Å². The number of carbonyl (C=O) groups excluding carboxylic acids is 1. The molecule has 0 bridgehead atoms. The van der Waals surface area contributed by atoms with Gasteiger partial charge in [-0.25, -0.2) is 4.98 Å². The maximum absolute atomic E-state index is 11.9. The summed E-state index contributed by atoms with van der Waals surface area (Å²) in [5, 5.41) is 12.5. The smallest absolute Gasteiger partial charge is 0.271 e. The van der Waals surface area contributed by atoms with Gasteiger partial charge in [0.2, 0.25) is 0 Å². The number of rotatable bonds is 4. The Balaban J connectivity index is 1.91. The third kappa shape index (κ3) is 2.90. The summed E-state index contributed by atoms with van der Waals surface area (Å²) in [7, 11) is 1.83. The topological polar surface area (TPSA) is 67.2 Å². The van der Waals surface area contributed by atoms with Crippen molar-refractivity contribution in [1.82, 2.24) is 14.9 Å². The summed E-state index contributed by atoms with van der Waals surface area (Å²) in [6.07, 6.45) is 8.80. The van der Waals surface area contributed by atoms with E-state index in [4.69, 9.17) is 0 Å². The molecule has 100 valence electrons. The molecule has 2 N–H and O–H groups in total. The molecule has 1 amide bonds. The van der Waals surface area contributed by atoms with E-state index in [1.165, 1.54) is 6.42 Å². The van der Waals surface area contributed by atoms with Gasteiger partial charge in [-0.3, -0.25) is 4.79 Å². The van der Waals surface area contributed by atoms with Crippen LogP contribution in [0.5, 0.6) is 0 Å². The van der Waals surface area contributed by atoms with Crippen LogP contribution in [0, 0.1) is 5.41 Å². The first-order chi connectivity index (χ1) is 8.65. The Morgan fingerprint density at radius 1 is 1.50 bits per heavy atom. The van der Waals surface area contributed by atoms with Crippen molar-refractivity contribution >= 4 is 5.91 Å². The van der Waals surface area contributed by atoms with Gasteiger partial charge in [0, 0.05) is 25.2 Å². The van der Waals surface area contributed by atoms with Crippen LogP contribution in [0.15, 0.2) is 12.5 Å². The average molecular weight is 251 g/mol. The Labute approximate surface area is 107 Å². The fourth-order valence-corrected chi connectivity index (χ4v) is 2.58. The summed E-state index contributed by atoms with van der Waals surface area (Å²) in [4.78, 5) is 15.9. The van der Waals surface area contributed by atoms with Crippen molar-refractivity contribution in [3.8, 4) is 0 Å². The highest BCUT2D eigenvalue weighted by atomic mass is 16.3. The maximum atomic E-state index is 11.9. The molecule has 5 nitrogen and oxygen atoms in total. The van der Waals surface area contributed by atoms with Crippen LogP contribution in [-0.2, 0) is 7.05 Å². The summed E-state index contributed by atoms with van der Waals surface area (Å²) in [5.41, 5.74) is 0.310. The Kier molecular flexibility index (Phi) is 4.01. The second-order valence-electron chi connectivity index (χ2n) is 5.33. The van der Waals surface area contributed by atoms with Crippen molar-refractivity contribution < 1.29 is 9.90 Å². The molecule has 0 aromatic carbocycles. The lowest BCUT2D eigenvalue weighted by Gasteiger charge is -2.35. The molecule has 0 aliphatic heterocycles. The largest absolute Gasteiger partial charge is 0.396 e. The monoisotopic (exact) mass is 251 g/mol. The normalized spacial score (nSPS) is 18.6. The summed E-state index contributed by atoms with van der Waals surface area (Å²) < 4.78 is 1.75. The number of imidazole rings is 1. The van der Waals surface area contributed by atoms with E-state index in [0.717, 1.165) is 25.7 Å². The third-order valence-electron chi connectivity index (χ3n) is 3.81. The van der Waals surface area contributed by atoms with Crippen LogP contribution >= 0.6 is 0 Å². The summed E-state index contributed by atoms with van der Waals surface area (Å²) >= 11 is 0. The van der Waals surface area contributed by atoms with E-state index in [1.807, 2.05) is 7.05 Å². The van der Waals surface area contributed by atoms with Gasteiger partial charge in [0.15, 0.2) is 0 Å². The second kappa shape index (κ2) is 5.52. The van der Waals surface area contributed by atoms with Crippen LogP contribution in [0.1, 0.15) is 42.6 Å². The first kappa shape index (κ1) is 13.1. The van der Waals surface area contributed by atoms with Gasteiger partial charge in [-0.1, -0.05) is 19.3 Å². The van der Waals surface area contributed by atoms with Crippen molar-refractivity contribution in [2.45, 2.75) is 32.1 Å². The molecule has 0 atom stereocenters. The van der Waals surface area contributed by atoms with E-state index < -0.39 is 0 Å². The number of carbonyl (C=O) groups is 1. The molecule has 0 radical (unpaired) electrons. The van der Waals surface area contributed by atoms with E-state index in [2.05, 4.69) is 10.3 Å². The summed E-state index contributed by atoms with van der Waals surface area (Å²) in [6.45, 7) is 0.689. The van der Waals surface area contributed by atoms with Crippen LogP contribution in [0.25, 0.3) is 0 Å². The highest BCUT2D eigenvalue weighted by Gasteiger charge is 2.31. The molecule has 0 unspecified atom stereocenters. The molecule has 1 heterocycles. The van der Waals surface area contributed by atoms with Gasteiger partial charge in [0.25, 0.3) is 5.91 Å². The van der Waals surface area contributed by atoms with Gasteiger partial charge >= 0.3 is 0 Å². The van der Waals surface area contributed by atoms with Gasteiger partial charge in [0.05, 0.1) is 12.9 Å². The van der Waals surface area contributed by atoms with E-state index in [-0.39, 0.29) is 17.9 Å². The van der Waals surface area contributed by atoms with E-state index in [9.17, 15) is 9.90 Å². The SMILES string of the molecule is Cn1cnc(C(=O)NCC2(CO)CCCCC2)c1. The van der Waals surface area contributed by atoms with Crippen molar-refractivity contribution in [3.05, 3.63) is 18.2 Å². The number of aromatic nitrogens is 2. The first-order valence-corrected chi connectivity index (χ1v) is 6.52. The molecule has 1 fully saturated rings. The number of aryl methyl sites for hydroxylation is 1. The molecule has 2 rings (SSSR count). The molecular formula is C13H21N3O2. The molecule has 18 heavy (non-hydrogen) atoms. The van der Waals surface area contributed by atoms with Crippen molar-refractivity contribution in [3.63, 3.8) is 0 Å². The molecule has 1 aromatic heterocycles. The Hall–Kier alpha value is -1.36. The third-order valence-corrected chi connectivity index (χ3v) is 3.81. The minimum absolute atomic E-state index is 0.122. The molecular weight excluding hydrogens is 230 g/mol. The number of hydrogen-bond acceptors (Lipinski definition) is 3. The number of nitrogens with zero attached hydrogens (tertiary/aromatic N) is 2. The average Bonchev–Trinajstić information content (AvgIpc) is 2.84. The van der Waals surface area contributed by atoms with E-state index in [1.54, 1.807) is 17.1 Å². The van der Waals surface area contributed by atoms with Gasteiger partial charge in [0.1, 0.15) is 5.69 Å². The lowest BCUT2D eigenvalue weighted by Crippen LogP contribution is -2.41. The molecule has 1 aliphatic rings. The molecule has 0 spiro atoms. The zero-order valence-electron chi connectivity index (χ0n) is 10.9. The molecule has 0 saturated heterocycles. The van der Waals surface area contributed by atoms with Crippen LogP contribution in [0.3, 0.4) is 0 Å². The quantitative estimate of drug-likeness (QED) is 0.842. The summed E-state index contributed by atoms with van der Waals surface area (Å²) in [5.74, 6) is -0.158. The Morgan fingerprint density at radius 3 is 2.78 bits per heavy atom. The lowest BCUT2D eigenvalue weighted by molar-refractivity contribution is 0.0715. The van der Waals surface area contributed by atoms with E-state index >= 15 is 0 Å². The van der Waals surface area contributed by atoms with Crippen molar-refractivity contribution in [2.24, 2.45) is 12.5 Å². The van der Waals surface area contributed by atoms with Gasteiger partial charge in [-0.15, -0.1) is 0 Å². The van der Waals surface area contributed by atoms with E-state index in [0.29, 0.717) is 12.2 Å². The van der Waals surface area contributed by atoms with Gasteiger partial charge in [-0.05, 0) is 12.8 Å². The van der Waals surface area contributed by atoms with Crippen LogP contribution in [-0.4, -0.2) is 33.7 Å². The zero-order chi connectivity index (χ0) is 13.0. The Bertz CT molecular complexity index is 408. The zero-order valence-corrected chi connectivity index (χ0v) is 10.9. The van der Waals surface area contributed by atoms with Crippen molar-refractivity contribution in [2.75, 3.05) is 13.2 Å². The van der Waals surface area contributed by atoms with Crippen LogP contribution < -0.4 is 5.32 Å². The number of nitrogens with one attached hydrogen (secondary N) is 1. The summed E-state index contributed by atoms with van der Waals surface area (Å²) in [6, 6.07) is 0. The highest BCUT2D eigenvalue weighted by Crippen LogP contribution is 2.35. The maximum Gasteiger partial charge on any atom is 0.271 e. The minimum Gasteiger partial charge on any atom is -0.396 e. The molecule has 1 saturated carbocycles. The number of amides is 1. The number of aliphatic hydroxyl groups is 1. The molecule has 1 aromatic rings. The lowest BCUT2D eigenvalue weighted by atomic mass is 9.74. The fourth-order valence-electron chi connectivity index (χ4n) is 2.58. The first-order valence-electron chi connectivity index (χ1n) is 6.52. The number of aliphatic hydroxyl groups excluding tert-OH is 1. The molecule has 5 heteroatoms. The predicted octanol–water partition coefficient (Wildman–Crippen LogP) is 1.09. The van der Waals surface area contributed by atoms with Crippen LogP contribution in [0.4, 0.5) is 0 Å². The fraction of sp³-hybridized carbons (Fsp3) is 0.692. The standard InChI is InChI=1S/C13H21N3O2/c1-16-7-11(15-10-16)12(18)14-8-13(9-17)5-3-2-4-6-13/h7,10,17H,2-6,8-9H2,1H3,(H,14,18). The second-order valence-corrected chi connectivity index (χ2v) is 5.33. The Morgan fingerprint density at radius 2 is 2.22 bits per heavy atom. The highest BCUT2D eigenvalue weighted by molar-refractivity contribution is 5.92. The minimum atomic E-state index is -0.158. The van der Waals surface area contributed by atoms with Crippen molar-refractivity contribution in [1.29, 1.82) is 0 Å². The van der Waals surface area contributed by atoms with Gasteiger partial charge < -0.3 is 15.0 Å².